The standard InChI is InChI=1S/C23H30N4O4/c1-4-5-11-27-20(24)19(21(28)25-23(27)30)26(12-10-15(2)3)22(29)17-13-16-8-6-7-9-18(16)31-14-17/h6-9,13,15H,4-5,10-12,14,24H2,1-3H3,(H,25,28,30). The van der Waals surface area contributed by atoms with Gasteiger partial charge in [-0.1, -0.05) is 45.4 Å². The van der Waals surface area contributed by atoms with Crippen molar-refractivity contribution in [2.75, 3.05) is 23.8 Å². The average molecular weight is 427 g/mol. The fraction of sp³-hybridized carbons (Fsp3) is 0.435. The van der Waals surface area contributed by atoms with E-state index in [0.717, 1.165) is 18.4 Å². The lowest BCUT2D eigenvalue weighted by atomic mass is 10.1. The largest absolute Gasteiger partial charge is 0.488 e. The van der Waals surface area contributed by atoms with Crippen LogP contribution in [-0.2, 0) is 11.3 Å². The SMILES string of the molecule is CCCCn1c(N)c(N(CCC(C)C)C(=O)C2=Cc3ccccc3OC2)c(=O)[nH]c1=O. The summed E-state index contributed by atoms with van der Waals surface area (Å²) in [5.74, 6) is 0.669. The molecule has 0 atom stereocenters. The van der Waals surface area contributed by atoms with Crippen LogP contribution in [0.25, 0.3) is 6.08 Å². The van der Waals surface area contributed by atoms with Crippen molar-refractivity contribution in [3.63, 3.8) is 0 Å². The summed E-state index contributed by atoms with van der Waals surface area (Å²) in [6.07, 6.45) is 4.04. The van der Waals surface area contributed by atoms with Gasteiger partial charge in [-0.3, -0.25) is 19.1 Å². The number of anilines is 2. The van der Waals surface area contributed by atoms with Crippen molar-refractivity contribution in [2.45, 2.75) is 46.6 Å². The number of H-pyrrole nitrogens is 1. The summed E-state index contributed by atoms with van der Waals surface area (Å²) < 4.78 is 7.07. The van der Waals surface area contributed by atoms with E-state index in [1.54, 1.807) is 6.08 Å². The highest BCUT2D eigenvalue weighted by molar-refractivity contribution is 6.10. The summed E-state index contributed by atoms with van der Waals surface area (Å²) in [4.78, 5) is 42.3. The molecule has 3 N–H and O–H groups in total. The van der Waals surface area contributed by atoms with Crippen molar-refractivity contribution < 1.29 is 9.53 Å². The summed E-state index contributed by atoms with van der Waals surface area (Å²) in [5, 5.41) is 0. The van der Waals surface area contributed by atoms with Crippen LogP contribution in [0.4, 0.5) is 11.5 Å². The molecule has 1 aromatic heterocycles. The molecule has 0 radical (unpaired) electrons. The molecule has 0 saturated carbocycles. The third-order valence-electron chi connectivity index (χ3n) is 5.30. The van der Waals surface area contributed by atoms with Gasteiger partial charge >= 0.3 is 5.69 Å². The van der Waals surface area contributed by atoms with E-state index in [0.29, 0.717) is 36.8 Å². The minimum Gasteiger partial charge on any atom is -0.488 e. The first-order valence-corrected chi connectivity index (χ1v) is 10.7. The van der Waals surface area contributed by atoms with Crippen molar-refractivity contribution in [2.24, 2.45) is 5.92 Å². The fourth-order valence-corrected chi connectivity index (χ4v) is 3.49. The number of carbonyl (C=O) groups excluding carboxylic acids is 1. The van der Waals surface area contributed by atoms with Crippen LogP contribution in [0.3, 0.4) is 0 Å². The molecule has 1 amide bonds. The highest BCUT2D eigenvalue weighted by atomic mass is 16.5. The number of carbonyl (C=O) groups is 1. The second-order valence-corrected chi connectivity index (χ2v) is 8.13. The zero-order chi connectivity index (χ0) is 22.5. The van der Waals surface area contributed by atoms with Gasteiger partial charge in [0.2, 0.25) is 0 Å². The Hall–Kier alpha value is -3.29. The molecule has 2 heterocycles. The van der Waals surface area contributed by atoms with Crippen LogP contribution in [0.5, 0.6) is 5.75 Å². The smallest absolute Gasteiger partial charge is 0.330 e. The molecule has 0 unspecified atom stereocenters. The lowest BCUT2D eigenvalue weighted by molar-refractivity contribution is -0.115. The molecule has 2 aromatic rings. The minimum atomic E-state index is -0.662. The van der Waals surface area contributed by atoms with E-state index >= 15 is 0 Å². The quantitative estimate of drug-likeness (QED) is 0.674. The van der Waals surface area contributed by atoms with Gasteiger partial charge in [-0.2, -0.15) is 0 Å². The summed E-state index contributed by atoms with van der Waals surface area (Å²) in [5.41, 5.74) is 6.29. The van der Waals surface area contributed by atoms with Crippen molar-refractivity contribution in [3.8, 4) is 5.75 Å². The summed E-state index contributed by atoms with van der Waals surface area (Å²) in [7, 11) is 0. The highest BCUT2D eigenvalue weighted by Gasteiger charge is 2.28. The summed E-state index contributed by atoms with van der Waals surface area (Å²) in [6.45, 7) is 6.85. The van der Waals surface area contributed by atoms with Gasteiger partial charge in [0.15, 0.2) is 5.69 Å². The topological polar surface area (TPSA) is 110 Å². The van der Waals surface area contributed by atoms with E-state index in [9.17, 15) is 14.4 Å². The Morgan fingerprint density at radius 3 is 2.74 bits per heavy atom. The van der Waals surface area contributed by atoms with Crippen LogP contribution in [0, 0.1) is 5.92 Å². The van der Waals surface area contributed by atoms with Crippen molar-refractivity contribution in [1.29, 1.82) is 0 Å². The van der Waals surface area contributed by atoms with Gasteiger partial charge in [0.05, 0.1) is 5.57 Å². The molecular weight excluding hydrogens is 396 g/mol. The number of ether oxygens (including phenoxy) is 1. The lowest BCUT2D eigenvalue weighted by Crippen LogP contribution is -2.43. The Morgan fingerprint density at radius 1 is 1.29 bits per heavy atom. The zero-order valence-electron chi connectivity index (χ0n) is 18.3. The first-order valence-electron chi connectivity index (χ1n) is 10.7. The third-order valence-corrected chi connectivity index (χ3v) is 5.30. The predicted molar refractivity (Wildman–Crippen MR) is 122 cm³/mol. The number of amides is 1. The van der Waals surface area contributed by atoms with Gasteiger partial charge in [-0.15, -0.1) is 0 Å². The van der Waals surface area contributed by atoms with Crippen LogP contribution >= 0.6 is 0 Å². The molecule has 8 heteroatoms. The first kappa shape index (κ1) is 22.4. The summed E-state index contributed by atoms with van der Waals surface area (Å²) >= 11 is 0. The van der Waals surface area contributed by atoms with Crippen molar-refractivity contribution in [1.82, 2.24) is 9.55 Å². The van der Waals surface area contributed by atoms with Gasteiger partial charge < -0.3 is 15.4 Å². The number of nitrogens with zero attached hydrogens (tertiary/aromatic N) is 2. The Labute approximate surface area is 181 Å². The summed E-state index contributed by atoms with van der Waals surface area (Å²) in [6, 6.07) is 7.45. The Kier molecular flexibility index (Phi) is 6.99. The van der Waals surface area contributed by atoms with Crippen molar-refractivity contribution >= 4 is 23.5 Å². The van der Waals surface area contributed by atoms with Gasteiger partial charge in [0.1, 0.15) is 18.2 Å². The highest BCUT2D eigenvalue weighted by Crippen LogP contribution is 2.28. The number of nitrogens with one attached hydrogen (secondary N) is 1. The Morgan fingerprint density at radius 2 is 2.03 bits per heavy atom. The number of unbranched alkanes of at least 4 members (excludes halogenated alkanes) is 1. The molecule has 31 heavy (non-hydrogen) atoms. The Bertz CT molecular complexity index is 1100. The van der Waals surface area contributed by atoms with Crippen LogP contribution in [0.2, 0.25) is 0 Å². The van der Waals surface area contributed by atoms with Gasteiger partial charge in [-0.05, 0) is 30.9 Å². The fourth-order valence-electron chi connectivity index (χ4n) is 3.49. The van der Waals surface area contributed by atoms with Gasteiger partial charge in [-0.25, -0.2) is 4.79 Å². The number of rotatable bonds is 8. The molecule has 3 rings (SSSR count). The molecule has 0 bridgehead atoms. The molecule has 0 spiro atoms. The first-order chi connectivity index (χ1) is 14.8. The maximum Gasteiger partial charge on any atom is 0.330 e. The molecule has 1 aromatic carbocycles. The molecule has 0 aliphatic carbocycles. The second-order valence-electron chi connectivity index (χ2n) is 8.13. The number of nitrogens with two attached hydrogens (primary N) is 1. The number of hydrogen-bond acceptors (Lipinski definition) is 5. The zero-order valence-corrected chi connectivity index (χ0v) is 18.3. The van der Waals surface area contributed by atoms with E-state index in [1.165, 1.54) is 9.47 Å². The molecule has 1 aliphatic rings. The maximum atomic E-state index is 13.5. The minimum absolute atomic E-state index is 0.0111. The van der Waals surface area contributed by atoms with E-state index in [-0.39, 0.29) is 24.0 Å². The van der Waals surface area contributed by atoms with Crippen LogP contribution in [-0.4, -0.2) is 28.6 Å². The number of hydrogen-bond donors (Lipinski definition) is 2. The number of aromatic amines is 1. The number of benzene rings is 1. The molecule has 166 valence electrons. The van der Waals surface area contributed by atoms with Gasteiger partial charge in [0.25, 0.3) is 11.5 Å². The van der Waals surface area contributed by atoms with E-state index in [1.807, 2.05) is 45.0 Å². The number of nitrogen functional groups attached to an aromatic ring is 1. The van der Waals surface area contributed by atoms with Crippen LogP contribution in [0.15, 0.2) is 39.4 Å². The predicted octanol–water partition coefficient (Wildman–Crippen LogP) is 2.77. The molecule has 0 saturated heterocycles. The van der Waals surface area contributed by atoms with E-state index in [2.05, 4.69) is 4.98 Å². The molecule has 1 aliphatic heterocycles. The molecule has 8 nitrogen and oxygen atoms in total. The van der Waals surface area contributed by atoms with E-state index < -0.39 is 11.2 Å². The maximum absolute atomic E-state index is 13.5. The second kappa shape index (κ2) is 9.68. The lowest BCUT2D eigenvalue weighted by Gasteiger charge is -2.27. The van der Waals surface area contributed by atoms with Gasteiger partial charge in [0, 0.05) is 18.7 Å². The van der Waals surface area contributed by atoms with Crippen molar-refractivity contribution in [3.05, 3.63) is 56.2 Å². The monoisotopic (exact) mass is 426 g/mol. The third kappa shape index (κ3) is 4.90. The van der Waals surface area contributed by atoms with Crippen LogP contribution < -0.4 is 26.6 Å². The molecule has 0 fully saturated rings. The normalized spacial score (nSPS) is 12.8. The number of fused-ring (bicyclic) bond motifs is 1. The number of para-hydroxylation sites is 1. The molecular formula is C23H30N4O4. The average Bonchev–Trinajstić information content (AvgIpc) is 2.74. The van der Waals surface area contributed by atoms with E-state index in [4.69, 9.17) is 10.5 Å². The Balaban J connectivity index is 2.06. The number of aromatic nitrogens is 2. The van der Waals surface area contributed by atoms with Crippen LogP contribution in [0.1, 0.15) is 45.6 Å².